The van der Waals surface area contributed by atoms with E-state index in [1.807, 2.05) is 0 Å². The van der Waals surface area contributed by atoms with E-state index in [9.17, 15) is 14.4 Å². The largest absolute Gasteiger partial charge is 0.497 e. The Balaban J connectivity index is 2.04. The van der Waals surface area contributed by atoms with Crippen molar-refractivity contribution in [3.05, 3.63) is 62.8 Å². The smallest absolute Gasteiger partial charge is 0.354 e. The second-order valence-electron chi connectivity index (χ2n) is 7.10. The van der Waals surface area contributed by atoms with Crippen molar-refractivity contribution in [2.45, 2.75) is 26.7 Å². The highest BCUT2D eigenvalue weighted by molar-refractivity contribution is 6.16. The number of rotatable bonds is 6. The van der Waals surface area contributed by atoms with Crippen LogP contribution < -0.4 is 15.7 Å². The molecule has 0 spiro atoms. The van der Waals surface area contributed by atoms with E-state index in [4.69, 9.17) is 25.8 Å². The molecule has 0 fully saturated rings. The monoisotopic (exact) mass is 447 g/mol. The zero-order valence-corrected chi connectivity index (χ0v) is 18.3. The van der Waals surface area contributed by atoms with Gasteiger partial charge < -0.3 is 23.5 Å². The molecule has 0 bridgehead atoms. The number of nitrogens with one attached hydrogen (secondary N) is 1. The Morgan fingerprint density at radius 1 is 1.10 bits per heavy atom. The third-order valence-electron chi connectivity index (χ3n) is 5.31. The Morgan fingerprint density at radius 2 is 1.77 bits per heavy atom. The maximum absolute atomic E-state index is 12.5. The van der Waals surface area contributed by atoms with Crippen molar-refractivity contribution in [2.75, 3.05) is 14.2 Å². The van der Waals surface area contributed by atoms with E-state index in [1.165, 1.54) is 20.3 Å². The van der Waals surface area contributed by atoms with Crippen molar-refractivity contribution < 1.29 is 27.8 Å². The topological polar surface area (TPSA) is 104 Å². The molecule has 31 heavy (non-hydrogen) atoms. The first-order valence-electron chi connectivity index (χ1n) is 9.51. The predicted octanol–water partition coefficient (Wildman–Crippen LogP) is 3.37. The summed E-state index contributed by atoms with van der Waals surface area (Å²) >= 11 is 5.35. The molecule has 1 atom stereocenters. The SMILES string of the molecule is COC(=O)C1=C(C)NC(C)=C(C(=O)OCl)C1CCc1cc(=O)oc2cc(OC)ccc12. The van der Waals surface area contributed by atoms with Crippen LogP contribution in [0.25, 0.3) is 11.0 Å². The Labute approximate surface area is 183 Å². The van der Waals surface area contributed by atoms with Crippen molar-refractivity contribution >= 4 is 34.8 Å². The second kappa shape index (κ2) is 9.26. The van der Waals surface area contributed by atoms with Gasteiger partial charge in [0, 0.05) is 34.8 Å². The standard InChI is InChI=1S/C22H22ClNO7/c1-11-19(21(26)29-4)16(20(12(2)24-11)22(27)31-23)7-5-13-9-18(25)30-17-10-14(28-3)6-8-15(13)17/h6,8-10,16,24H,5,7H2,1-4H3. The van der Waals surface area contributed by atoms with Gasteiger partial charge in [-0.25, -0.2) is 14.4 Å². The number of ether oxygens (including phenoxy) is 2. The van der Waals surface area contributed by atoms with Crippen molar-refractivity contribution in [1.82, 2.24) is 5.32 Å². The third-order valence-corrected chi connectivity index (χ3v) is 5.46. The first-order valence-corrected chi connectivity index (χ1v) is 9.82. The molecule has 1 aromatic carbocycles. The Kier molecular flexibility index (Phi) is 6.70. The zero-order valence-electron chi connectivity index (χ0n) is 17.5. The Morgan fingerprint density at radius 3 is 2.39 bits per heavy atom. The number of carbonyl (C=O) groups is 2. The van der Waals surface area contributed by atoms with Gasteiger partial charge in [-0.3, -0.25) is 0 Å². The van der Waals surface area contributed by atoms with Gasteiger partial charge in [-0.05, 0) is 44.4 Å². The number of esters is 1. The molecular weight excluding hydrogens is 426 g/mol. The highest BCUT2D eigenvalue weighted by atomic mass is 35.5. The van der Waals surface area contributed by atoms with Crippen LogP contribution in [0.15, 0.2) is 56.0 Å². The molecule has 3 rings (SSSR count). The maximum atomic E-state index is 12.5. The van der Waals surface area contributed by atoms with Crippen LogP contribution in [0.2, 0.25) is 0 Å². The van der Waals surface area contributed by atoms with Gasteiger partial charge in [0.1, 0.15) is 23.2 Å². The molecule has 0 amide bonds. The number of dihydropyridines is 1. The Hall–Kier alpha value is -3.26. The van der Waals surface area contributed by atoms with E-state index >= 15 is 0 Å². The minimum atomic E-state index is -0.757. The summed E-state index contributed by atoms with van der Waals surface area (Å²) < 4.78 is 19.9. The lowest BCUT2D eigenvalue weighted by Gasteiger charge is -2.29. The van der Waals surface area contributed by atoms with Crippen LogP contribution in [0.3, 0.4) is 0 Å². The highest BCUT2D eigenvalue weighted by Gasteiger charge is 2.36. The van der Waals surface area contributed by atoms with E-state index in [0.717, 1.165) is 5.39 Å². The summed E-state index contributed by atoms with van der Waals surface area (Å²) in [5, 5.41) is 3.74. The van der Waals surface area contributed by atoms with Gasteiger partial charge in [0.2, 0.25) is 0 Å². The van der Waals surface area contributed by atoms with Crippen LogP contribution >= 0.6 is 11.9 Å². The molecule has 1 aliphatic rings. The molecule has 1 unspecified atom stereocenters. The van der Waals surface area contributed by atoms with Gasteiger partial charge in [-0.1, -0.05) is 0 Å². The van der Waals surface area contributed by atoms with Gasteiger partial charge in [-0.2, -0.15) is 0 Å². The third kappa shape index (κ3) is 4.44. The Bertz CT molecular complexity index is 1120. The van der Waals surface area contributed by atoms with Gasteiger partial charge in [0.05, 0.1) is 25.4 Å². The number of allylic oxidation sites excluding steroid dienone is 2. The number of methoxy groups -OCH3 is 2. The normalized spacial score (nSPS) is 16.2. The molecule has 0 aliphatic carbocycles. The van der Waals surface area contributed by atoms with Gasteiger partial charge in [-0.15, -0.1) is 0 Å². The van der Waals surface area contributed by atoms with Crippen LogP contribution in [-0.4, -0.2) is 26.2 Å². The summed E-state index contributed by atoms with van der Waals surface area (Å²) in [5.74, 6) is -1.40. The van der Waals surface area contributed by atoms with E-state index in [0.29, 0.717) is 46.7 Å². The summed E-state index contributed by atoms with van der Waals surface area (Å²) in [4.78, 5) is 37.0. The minimum absolute atomic E-state index is 0.231. The number of carbonyl (C=O) groups excluding carboxylic acids is 2. The number of hydrogen-bond donors (Lipinski definition) is 1. The van der Waals surface area contributed by atoms with Crippen LogP contribution in [0.1, 0.15) is 25.8 Å². The van der Waals surface area contributed by atoms with Gasteiger partial charge in [0.15, 0.2) is 0 Å². The lowest BCUT2D eigenvalue weighted by atomic mass is 9.81. The molecule has 0 saturated heterocycles. The summed E-state index contributed by atoms with van der Waals surface area (Å²) in [6, 6.07) is 6.60. The molecular formula is C22H22ClNO7. The molecule has 2 aromatic rings. The maximum Gasteiger partial charge on any atom is 0.354 e. The molecule has 1 aliphatic heterocycles. The lowest BCUT2D eigenvalue weighted by Crippen LogP contribution is -2.33. The van der Waals surface area contributed by atoms with E-state index < -0.39 is 23.5 Å². The molecule has 8 nitrogen and oxygen atoms in total. The second-order valence-corrected chi connectivity index (χ2v) is 7.26. The van der Waals surface area contributed by atoms with Crippen molar-refractivity contribution in [1.29, 1.82) is 0 Å². The van der Waals surface area contributed by atoms with E-state index in [2.05, 4.69) is 9.61 Å². The fraction of sp³-hybridized carbons (Fsp3) is 0.318. The first-order chi connectivity index (χ1) is 14.8. The predicted molar refractivity (Wildman–Crippen MR) is 113 cm³/mol. The average molecular weight is 448 g/mol. The molecule has 1 N–H and O–H groups in total. The quantitative estimate of drug-likeness (QED) is 0.531. The van der Waals surface area contributed by atoms with Crippen molar-refractivity contribution in [3.8, 4) is 5.75 Å². The highest BCUT2D eigenvalue weighted by Crippen LogP contribution is 2.35. The number of aryl methyl sites for hydroxylation is 1. The number of benzene rings is 1. The fourth-order valence-corrected chi connectivity index (χ4v) is 4.04. The summed E-state index contributed by atoms with van der Waals surface area (Å²) in [6.45, 7) is 3.43. The number of halogens is 1. The fourth-order valence-electron chi connectivity index (χ4n) is 3.96. The number of hydrogen-bond acceptors (Lipinski definition) is 8. The van der Waals surface area contributed by atoms with E-state index in [1.54, 1.807) is 32.0 Å². The summed E-state index contributed by atoms with van der Waals surface area (Å²) in [7, 11) is 2.79. The molecule has 9 heteroatoms. The van der Waals surface area contributed by atoms with Crippen LogP contribution in [0.5, 0.6) is 5.75 Å². The molecule has 2 heterocycles. The first kappa shape index (κ1) is 22.4. The van der Waals surface area contributed by atoms with Crippen molar-refractivity contribution in [2.24, 2.45) is 5.92 Å². The van der Waals surface area contributed by atoms with Gasteiger partial charge in [0.25, 0.3) is 0 Å². The van der Waals surface area contributed by atoms with Crippen LogP contribution in [0.4, 0.5) is 0 Å². The molecule has 1 aromatic heterocycles. The van der Waals surface area contributed by atoms with E-state index in [-0.39, 0.29) is 5.57 Å². The molecule has 0 saturated carbocycles. The zero-order chi connectivity index (χ0) is 22.7. The van der Waals surface area contributed by atoms with Crippen LogP contribution in [-0.2, 0) is 25.0 Å². The van der Waals surface area contributed by atoms with Crippen molar-refractivity contribution in [3.63, 3.8) is 0 Å². The van der Waals surface area contributed by atoms with Gasteiger partial charge >= 0.3 is 17.6 Å². The minimum Gasteiger partial charge on any atom is -0.497 e. The number of fused-ring (bicyclic) bond motifs is 1. The summed E-state index contributed by atoms with van der Waals surface area (Å²) in [6.07, 6.45) is 0.700. The average Bonchev–Trinajstić information content (AvgIpc) is 2.75. The van der Waals surface area contributed by atoms with Crippen LogP contribution in [0, 0.1) is 5.92 Å². The summed E-state index contributed by atoms with van der Waals surface area (Å²) in [5.41, 5.74) is 2.23. The molecule has 164 valence electrons. The lowest BCUT2D eigenvalue weighted by molar-refractivity contribution is -0.136. The molecule has 0 radical (unpaired) electrons.